The van der Waals surface area contributed by atoms with Gasteiger partial charge in [-0.3, -0.25) is 0 Å². The van der Waals surface area contributed by atoms with E-state index < -0.39 is 7.32 Å². The van der Waals surface area contributed by atoms with Crippen LogP contribution in [0.25, 0.3) is 0 Å². The maximum absolute atomic E-state index is 6.04. The third kappa shape index (κ3) is 39.1. The van der Waals surface area contributed by atoms with Gasteiger partial charge in [-0.2, -0.15) is 35.3 Å². The van der Waals surface area contributed by atoms with Crippen molar-refractivity contribution < 1.29 is 14.0 Å². The van der Waals surface area contributed by atoms with Crippen molar-refractivity contribution in [2.45, 2.75) is 175 Å². The van der Waals surface area contributed by atoms with Crippen LogP contribution in [0.4, 0.5) is 0 Å². The molecular formula is C36H75BO3S3. The number of rotatable bonds is 39. The highest BCUT2D eigenvalue weighted by Crippen LogP contribution is 2.14. The van der Waals surface area contributed by atoms with Crippen molar-refractivity contribution in [3.63, 3.8) is 0 Å². The van der Waals surface area contributed by atoms with Crippen LogP contribution in [-0.4, -0.2) is 61.7 Å². The number of hydrogen-bond acceptors (Lipinski definition) is 6. The molecule has 7 heteroatoms. The molecule has 0 unspecified atom stereocenters. The first-order valence-corrected chi connectivity index (χ1v) is 22.4. The molecule has 43 heavy (non-hydrogen) atoms. The molecule has 0 aliphatic rings. The van der Waals surface area contributed by atoms with Crippen LogP contribution in [0.1, 0.15) is 175 Å². The van der Waals surface area contributed by atoms with Gasteiger partial charge in [-0.05, 0) is 36.5 Å². The van der Waals surface area contributed by atoms with E-state index in [1.54, 1.807) is 0 Å². The van der Waals surface area contributed by atoms with Crippen LogP contribution in [0, 0.1) is 0 Å². The van der Waals surface area contributed by atoms with Gasteiger partial charge < -0.3 is 14.0 Å². The summed E-state index contributed by atoms with van der Waals surface area (Å²) in [7, 11) is -0.504. The van der Waals surface area contributed by atoms with Gasteiger partial charge in [-0.15, -0.1) is 0 Å². The Morgan fingerprint density at radius 1 is 0.302 bits per heavy atom. The molecule has 0 fully saturated rings. The Labute approximate surface area is 284 Å². The molecule has 258 valence electrons. The van der Waals surface area contributed by atoms with Crippen molar-refractivity contribution >= 4 is 42.6 Å². The van der Waals surface area contributed by atoms with E-state index in [-0.39, 0.29) is 0 Å². The van der Waals surface area contributed by atoms with E-state index in [2.05, 4.69) is 20.8 Å². The molecule has 3 nitrogen and oxygen atoms in total. The Kier molecular flexibility index (Phi) is 42.0. The van der Waals surface area contributed by atoms with Crippen molar-refractivity contribution in [1.29, 1.82) is 0 Å². The van der Waals surface area contributed by atoms with Crippen LogP contribution in [-0.2, 0) is 14.0 Å². The fourth-order valence-electron chi connectivity index (χ4n) is 5.07. The van der Waals surface area contributed by atoms with Gasteiger partial charge in [-0.1, -0.05) is 156 Å². The van der Waals surface area contributed by atoms with E-state index in [4.69, 9.17) is 14.0 Å². The monoisotopic (exact) mass is 662 g/mol. The summed E-state index contributed by atoms with van der Waals surface area (Å²) in [5, 5.41) is 0. The molecule has 0 radical (unpaired) electrons. The lowest BCUT2D eigenvalue weighted by Crippen LogP contribution is -2.30. The highest BCUT2D eigenvalue weighted by Gasteiger charge is 2.21. The zero-order chi connectivity index (χ0) is 31.2. The number of hydrogen-bond donors (Lipinski definition) is 0. The summed E-state index contributed by atoms with van der Waals surface area (Å²) >= 11 is 6.05. The van der Waals surface area contributed by atoms with E-state index in [0.717, 1.165) is 17.3 Å². The number of thioether (sulfide) groups is 3. The lowest BCUT2D eigenvalue weighted by Gasteiger charge is -2.14. The van der Waals surface area contributed by atoms with Gasteiger partial charge in [0.1, 0.15) is 0 Å². The minimum absolute atomic E-state index is 0.504. The van der Waals surface area contributed by atoms with Gasteiger partial charge in [-0.25, -0.2) is 0 Å². The molecule has 0 heterocycles. The van der Waals surface area contributed by atoms with E-state index in [1.807, 2.05) is 35.3 Å². The molecule has 0 bridgehead atoms. The average Bonchev–Trinajstić information content (AvgIpc) is 3.02. The lowest BCUT2D eigenvalue weighted by molar-refractivity contribution is 0.109. The van der Waals surface area contributed by atoms with Crippen LogP contribution in [0.15, 0.2) is 0 Å². The van der Waals surface area contributed by atoms with E-state index in [0.29, 0.717) is 19.8 Å². The SMILES string of the molecule is CCCCCCCCCCSCCOB(OCCSCCCCCCCCCC)OCCSCCCCCCCCCC. The second kappa shape index (κ2) is 41.0. The Morgan fingerprint density at radius 2 is 0.535 bits per heavy atom. The van der Waals surface area contributed by atoms with Gasteiger partial charge in [0.15, 0.2) is 0 Å². The van der Waals surface area contributed by atoms with Gasteiger partial charge in [0.05, 0.1) is 0 Å². The first-order valence-electron chi connectivity index (χ1n) is 18.9. The quantitative estimate of drug-likeness (QED) is 0.0480. The normalized spacial score (nSPS) is 11.5. The predicted octanol–water partition coefficient (Wildman–Crippen LogP) is 12.6. The molecule has 0 aromatic rings. The van der Waals surface area contributed by atoms with Crippen LogP contribution >= 0.6 is 35.3 Å². The molecule has 0 spiro atoms. The highest BCUT2D eigenvalue weighted by molar-refractivity contribution is 7.99. The molecule has 0 atom stereocenters. The fourth-order valence-corrected chi connectivity index (χ4v) is 7.55. The molecule has 0 N–H and O–H groups in total. The Morgan fingerprint density at radius 3 is 0.791 bits per heavy atom. The zero-order valence-corrected chi connectivity index (χ0v) is 31.8. The molecule has 0 saturated heterocycles. The molecule has 0 aliphatic heterocycles. The Hall–Kier alpha value is 0.995. The summed E-state index contributed by atoms with van der Waals surface area (Å²) in [6.07, 6.45) is 33.3. The standard InChI is InChI=1S/C36H75BO3S3/c1-4-7-10-13-16-19-22-25-31-41-34-28-38-37(39-29-35-42-32-26-23-20-17-14-11-8-5-2)40-30-36-43-33-27-24-21-18-15-12-9-6-3/h4-36H2,1-3H3. The molecule has 0 aliphatic carbocycles. The minimum Gasteiger partial charge on any atom is -0.385 e. The summed E-state index contributed by atoms with van der Waals surface area (Å²) in [4.78, 5) is 0. The Balaban J connectivity index is 3.90. The van der Waals surface area contributed by atoms with Gasteiger partial charge in [0.25, 0.3) is 0 Å². The predicted molar refractivity (Wildman–Crippen MR) is 203 cm³/mol. The smallest absolute Gasteiger partial charge is 0.385 e. The summed E-state index contributed by atoms with van der Waals surface area (Å²) in [5.74, 6) is 6.82. The van der Waals surface area contributed by atoms with Gasteiger partial charge in [0.2, 0.25) is 0 Å². The van der Waals surface area contributed by atoms with Crippen LogP contribution < -0.4 is 0 Å². The molecule has 0 saturated carbocycles. The molecule has 0 rings (SSSR count). The second-order valence-electron chi connectivity index (χ2n) is 12.2. The second-order valence-corrected chi connectivity index (χ2v) is 15.8. The largest absolute Gasteiger partial charge is 0.639 e. The van der Waals surface area contributed by atoms with Crippen molar-refractivity contribution in [3.05, 3.63) is 0 Å². The third-order valence-electron chi connectivity index (χ3n) is 7.87. The third-order valence-corrected chi connectivity index (χ3v) is 11.0. The maximum Gasteiger partial charge on any atom is 0.639 e. The van der Waals surface area contributed by atoms with E-state index >= 15 is 0 Å². The van der Waals surface area contributed by atoms with E-state index in [9.17, 15) is 0 Å². The molecular weight excluding hydrogens is 587 g/mol. The fraction of sp³-hybridized carbons (Fsp3) is 1.00. The Bertz CT molecular complexity index is 424. The lowest BCUT2D eigenvalue weighted by atomic mass is 10.1. The van der Waals surface area contributed by atoms with Crippen molar-refractivity contribution in [1.82, 2.24) is 0 Å². The first kappa shape index (κ1) is 44.0. The summed E-state index contributed by atoms with van der Waals surface area (Å²) in [5.41, 5.74) is 0. The zero-order valence-electron chi connectivity index (χ0n) is 29.4. The van der Waals surface area contributed by atoms with Crippen molar-refractivity contribution in [2.24, 2.45) is 0 Å². The summed E-state index contributed by atoms with van der Waals surface area (Å²) in [6.45, 7) is 9.00. The average molecular weight is 663 g/mol. The molecule has 0 aromatic carbocycles. The highest BCUT2D eigenvalue weighted by atomic mass is 32.2. The van der Waals surface area contributed by atoms with Crippen molar-refractivity contribution in [2.75, 3.05) is 54.3 Å². The van der Waals surface area contributed by atoms with Gasteiger partial charge in [0, 0.05) is 37.1 Å². The maximum atomic E-state index is 6.04. The minimum atomic E-state index is -0.504. The number of unbranched alkanes of at least 4 members (excludes halogenated alkanes) is 21. The molecule has 0 amide bonds. The van der Waals surface area contributed by atoms with Crippen molar-refractivity contribution in [3.8, 4) is 0 Å². The van der Waals surface area contributed by atoms with E-state index in [1.165, 1.54) is 171 Å². The molecule has 0 aromatic heterocycles. The van der Waals surface area contributed by atoms with Crippen LogP contribution in [0.2, 0.25) is 0 Å². The van der Waals surface area contributed by atoms with Crippen LogP contribution in [0.5, 0.6) is 0 Å². The topological polar surface area (TPSA) is 27.7 Å². The first-order chi connectivity index (χ1) is 21.3. The summed E-state index contributed by atoms with van der Waals surface area (Å²) < 4.78 is 18.1. The van der Waals surface area contributed by atoms with Crippen LogP contribution in [0.3, 0.4) is 0 Å². The summed E-state index contributed by atoms with van der Waals surface area (Å²) in [6, 6.07) is 0. The van der Waals surface area contributed by atoms with Gasteiger partial charge >= 0.3 is 7.32 Å².